The Morgan fingerprint density at radius 2 is 1.66 bits per heavy atom. The molecule has 0 saturated carbocycles. The summed E-state index contributed by atoms with van der Waals surface area (Å²) in [5.74, 6) is 0. The minimum Gasteiger partial charge on any atom is -0.445 e. The fourth-order valence-electron chi connectivity index (χ4n) is 4.17. The summed E-state index contributed by atoms with van der Waals surface area (Å²) in [6.45, 7) is 7.32. The van der Waals surface area contributed by atoms with Crippen LogP contribution in [0.5, 0.6) is 0 Å². The van der Waals surface area contributed by atoms with Crippen LogP contribution in [0.2, 0.25) is 0 Å². The molecule has 1 aliphatic heterocycles. The van der Waals surface area contributed by atoms with Crippen LogP contribution < -0.4 is 5.32 Å². The molecule has 0 spiro atoms. The van der Waals surface area contributed by atoms with Crippen LogP contribution in [0.4, 0.5) is 10.5 Å². The molecule has 1 amide bonds. The predicted molar refractivity (Wildman–Crippen MR) is 123 cm³/mol. The summed E-state index contributed by atoms with van der Waals surface area (Å²) in [5.41, 5.74) is 2.10. The molecule has 1 N–H and O–H groups in total. The standard InChI is InChI=1S/C25H42N2O2/c1-3-4-5-6-7-8-9-11-16-23-17-12-13-18-24(23)26-25(28)29-22(2)21-27-19-14-10-15-20-27/h12-13,17-18,22H,3-11,14-16,19-21H2,1-2H3,(H,26,28)/t22-/m1/s1. The van der Waals surface area contributed by atoms with Gasteiger partial charge in [-0.15, -0.1) is 0 Å². The Labute approximate surface area is 178 Å². The topological polar surface area (TPSA) is 41.6 Å². The van der Waals surface area contributed by atoms with E-state index in [-0.39, 0.29) is 12.2 Å². The lowest BCUT2D eigenvalue weighted by Crippen LogP contribution is -2.37. The van der Waals surface area contributed by atoms with Crippen LogP contribution in [-0.2, 0) is 11.2 Å². The van der Waals surface area contributed by atoms with Crippen LogP contribution >= 0.6 is 0 Å². The summed E-state index contributed by atoms with van der Waals surface area (Å²) >= 11 is 0. The molecule has 1 saturated heterocycles. The van der Waals surface area contributed by atoms with Gasteiger partial charge in [-0.2, -0.15) is 0 Å². The normalized spacial score (nSPS) is 15.8. The molecule has 2 rings (SSSR count). The molecule has 0 unspecified atom stereocenters. The predicted octanol–water partition coefficient (Wildman–Crippen LogP) is 6.79. The first kappa shape index (κ1) is 23.7. The zero-order chi connectivity index (χ0) is 20.7. The van der Waals surface area contributed by atoms with Crippen molar-refractivity contribution in [2.45, 2.75) is 97.0 Å². The number of amides is 1. The summed E-state index contributed by atoms with van der Waals surface area (Å²) in [5, 5.41) is 2.97. The molecule has 164 valence electrons. The zero-order valence-electron chi connectivity index (χ0n) is 18.8. The monoisotopic (exact) mass is 402 g/mol. The molecule has 1 fully saturated rings. The van der Waals surface area contributed by atoms with Crippen molar-refractivity contribution in [3.63, 3.8) is 0 Å². The van der Waals surface area contributed by atoms with Crippen LogP contribution in [0.1, 0.15) is 90.0 Å². The minimum absolute atomic E-state index is 0.0898. The lowest BCUT2D eigenvalue weighted by molar-refractivity contribution is 0.0833. The van der Waals surface area contributed by atoms with Gasteiger partial charge in [-0.05, 0) is 57.3 Å². The SMILES string of the molecule is CCCCCCCCCCc1ccccc1NC(=O)O[C@H](C)CN1CCCCC1. The van der Waals surface area contributed by atoms with E-state index in [4.69, 9.17) is 4.74 Å². The second kappa shape index (κ2) is 14.4. The van der Waals surface area contributed by atoms with Crippen molar-refractivity contribution in [2.24, 2.45) is 0 Å². The van der Waals surface area contributed by atoms with Gasteiger partial charge in [-0.25, -0.2) is 4.79 Å². The average molecular weight is 403 g/mol. The van der Waals surface area contributed by atoms with Gasteiger partial charge < -0.3 is 4.74 Å². The molecule has 1 aromatic rings. The maximum atomic E-state index is 12.4. The second-order valence-electron chi connectivity index (χ2n) is 8.58. The van der Waals surface area contributed by atoms with Crippen molar-refractivity contribution in [3.05, 3.63) is 29.8 Å². The molecule has 1 heterocycles. The molecule has 1 aliphatic rings. The first-order chi connectivity index (χ1) is 14.2. The van der Waals surface area contributed by atoms with Gasteiger partial charge in [0.25, 0.3) is 0 Å². The molecule has 29 heavy (non-hydrogen) atoms. The third-order valence-electron chi connectivity index (χ3n) is 5.83. The van der Waals surface area contributed by atoms with Crippen molar-refractivity contribution in [1.82, 2.24) is 4.90 Å². The summed E-state index contributed by atoms with van der Waals surface area (Å²) < 4.78 is 5.61. The van der Waals surface area contributed by atoms with Gasteiger partial charge in [0.1, 0.15) is 6.10 Å². The van der Waals surface area contributed by atoms with Crippen LogP contribution in [0.15, 0.2) is 24.3 Å². The number of unbranched alkanes of at least 4 members (excludes halogenated alkanes) is 7. The molecule has 0 aliphatic carbocycles. The van der Waals surface area contributed by atoms with E-state index in [2.05, 4.69) is 29.3 Å². The molecule has 1 aromatic carbocycles. The third kappa shape index (κ3) is 10.2. The molecule has 4 heteroatoms. The average Bonchev–Trinajstić information content (AvgIpc) is 2.71. The van der Waals surface area contributed by atoms with Crippen molar-refractivity contribution in [3.8, 4) is 0 Å². The largest absolute Gasteiger partial charge is 0.445 e. The molecule has 0 aromatic heterocycles. The molecule has 4 nitrogen and oxygen atoms in total. The Morgan fingerprint density at radius 3 is 2.38 bits per heavy atom. The molecule has 1 atom stereocenters. The van der Waals surface area contributed by atoms with Crippen LogP contribution in [-0.4, -0.2) is 36.7 Å². The van der Waals surface area contributed by atoms with Crippen molar-refractivity contribution < 1.29 is 9.53 Å². The number of ether oxygens (including phenoxy) is 1. The van der Waals surface area contributed by atoms with Gasteiger partial charge in [0.05, 0.1) is 0 Å². The maximum absolute atomic E-state index is 12.4. The van der Waals surface area contributed by atoms with Crippen molar-refractivity contribution >= 4 is 11.8 Å². The van der Waals surface area contributed by atoms with Crippen molar-refractivity contribution in [2.75, 3.05) is 25.0 Å². The maximum Gasteiger partial charge on any atom is 0.411 e. The fraction of sp³-hybridized carbons (Fsp3) is 0.720. The van der Waals surface area contributed by atoms with E-state index in [0.29, 0.717) is 0 Å². The summed E-state index contributed by atoms with van der Waals surface area (Å²) in [6.07, 6.45) is 14.9. The number of likely N-dealkylation sites (tertiary alicyclic amines) is 1. The number of carbonyl (C=O) groups is 1. The summed E-state index contributed by atoms with van der Waals surface area (Å²) in [6, 6.07) is 8.13. The van der Waals surface area contributed by atoms with E-state index < -0.39 is 0 Å². The van der Waals surface area contributed by atoms with E-state index in [1.165, 1.54) is 76.2 Å². The smallest absolute Gasteiger partial charge is 0.411 e. The van der Waals surface area contributed by atoms with Gasteiger partial charge in [0.2, 0.25) is 0 Å². The van der Waals surface area contributed by atoms with Gasteiger partial charge >= 0.3 is 6.09 Å². The van der Waals surface area contributed by atoms with Gasteiger partial charge in [-0.1, -0.05) is 76.5 Å². The van der Waals surface area contributed by atoms with E-state index in [1.54, 1.807) is 0 Å². The molecule has 0 radical (unpaired) electrons. The number of anilines is 1. The fourth-order valence-corrected chi connectivity index (χ4v) is 4.17. The lowest BCUT2D eigenvalue weighted by Gasteiger charge is -2.28. The van der Waals surface area contributed by atoms with E-state index >= 15 is 0 Å². The zero-order valence-corrected chi connectivity index (χ0v) is 18.8. The van der Waals surface area contributed by atoms with Crippen LogP contribution in [0, 0.1) is 0 Å². The van der Waals surface area contributed by atoms with Crippen LogP contribution in [0.3, 0.4) is 0 Å². The number of carbonyl (C=O) groups excluding carboxylic acids is 1. The van der Waals surface area contributed by atoms with E-state index in [9.17, 15) is 4.79 Å². The quantitative estimate of drug-likeness (QED) is 0.369. The highest BCUT2D eigenvalue weighted by Crippen LogP contribution is 2.19. The summed E-state index contributed by atoms with van der Waals surface area (Å²) in [7, 11) is 0. The summed E-state index contributed by atoms with van der Waals surface area (Å²) in [4.78, 5) is 14.8. The molecular weight excluding hydrogens is 360 g/mol. The van der Waals surface area contributed by atoms with Gasteiger partial charge in [0.15, 0.2) is 0 Å². The lowest BCUT2D eigenvalue weighted by atomic mass is 10.0. The number of hydrogen-bond acceptors (Lipinski definition) is 3. The highest BCUT2D eigenvalue weighted by molar-refractivity contribution is 5.85. The number of benzene rings is 1. The van der Waals surface area contributed by atoms with Gasteiger partial charge in [0, 0.05) is 12.2 Å². The number of nitrogens with zero attached hydrogens (tertiary/aromatic N) is 1. The Balaban J connectivity index is 1.68. The van der Waals surface area contributed by atoms with Gasteiger partial charge in [-0.3, -0.25) is 10.2 Å². The number of aryl methyl sites for hydroxylation is 1. The number of hydrogen-bond donors (Lipinski definition) is 1. The first-order valence-corrected chi connectivity index (χ1v) is 12.0. The number of para-hydroxylation sites is 1. The Hall–Kier alpha value is -1.55. The van der Waals surface area contributed by atoms with Crippen molar-refractivity contribution in [1.29, 1.82) is 0 Å². The van der Waals surface area contributed by atoms with E-state index in [1.807, 2.05) is 19.1 Å². The number of rotatable bonds is 13. The Bertz CT molecular complexity index is 570. The van der Waals surface area contributed by atoms with Crippen LogP contribution in [0.25, 0.3) is 0 Å². The highest BCUT2D eigenvalue weighted by Gasteiger charge is 2.17. The number of piperidine rings is 1. The minimum atomic E-state index is -0.335. The molecule has 0 bridgehead atoms. The Kier molecular flexibility index (Phi) is 11.8. The highest BCUT2D eigenvalue weighted by atomic mass is 16.6. The molecular formula is C25H42N2O2. The first-order valence-electron chi connectivity index (χ1n) is 12.0. The second-order valence-corrected chi connectivity index (χ2v) is 8.58. The third-order valence-corrected chi connectivity index (χ3v) is 5.83. The number of nitrogens with one attached hydrogen (secondary N) is 1. The van der Waals surface area contributed by atoms with E-state index in [0.717, 1.165) is 31.7 Å². The Morgan fingerprint density at radius 1 is 1.00 bits per heavy atom.